The summed E-state index contributed by atoms with van der Waals surface area (Å²) in [4.78, 5) is 33.0. The van der Waals surface area contributed by atoms with Gasteiger partial charge in [-0.15, -0.1) is 0 Å². The van der Waals surface area contributed by atoms with Gasteiger partial charge in [-0.05, 0) is 59.7 Å². The maximum Gasteiger partial charge on any atom is 0.301 e. The minimum Gasteiger partial charge on any atom is -0.507 e. The van der Waals surface area contributed by atoms with Crippen LogP contribution in [0.5, 0.6) is 0 Å². The van der Waals surface area contributed by atoms with Crippen LogP contribution in [0.4, 0.5) is 5.13 Å². The number of aliphatic hydroxyl groups excluding tert-OH is 1. The molecule has 1 aromatic heterocycles. The highest BCUT2D eigenvalue weighted by Gasteiger charge is 2.48. The van der Waals surface area contributed by atoms with Gasteiger partial charge in [-0.1, -0.05) is 80.6 Å². The molecule has 6 heteroatoms. The molecule has 1 aliphatic heterocycles. The number of ketones is 1. The van der Waals surface area contributed by atoms with Crippen molar-refractivity contribution in [2.75, 3.05) is 4.90 Å². The minimum absolute atomic E-state index is 0.0488. The van der Waals surface area contributed by atoms with E-state index in [2.05, 4.69) is 25.8 Å². The first-order valence-corrected chi connectivity index (χ1v) is 12.7. The van der Waals surface area contributed by atoms with Crippen LogP contribution in [0.2, 0.25) is 0 Å². The molecule has 0 radical (unpaired) electrons. The lowest BCUT2D eigenvalue weighted by molar-refractivity contribution is -0.132. The lowest BCUT2D eigenvalue weighted by Crippen LogP contribution is -2.29. The summed E-state index contributed by atoms with van der Waals surface area (Å²) in [5.41, 5.74) is 5.25. The van der Waals surface area contributed by atoms with Gasteiger partial charge in [0.15, 0.2) is 5.13 Å². The second-order valence-corrected chi connectivity index (χ2v) is 11.3. The topological polar surface area (TPSA) is 70.5 Å². The van der Waals surface area contributed by atoms with E-state index in [1.807, 2.05) is 74.5 Å². The number of para-hydroxylation sites is 1. The summed E-state index contributed by atoms with van der Waals surface area (Å²) in [7, 11) is 0. The average molecular weight is 497 g/mol. The van der Waals surface area contributed by atoms with Crippen LogP contribution in [0.3, 0.4) is 0 Å². The molecule has 4 aromatic rings. The van der Waals surface area contributed by atoms with Gasteiger partial charge >= 0.3 is 5.91 Å². The van der Waals surface area contributed by atoms with Crippen LogP contribution in [0.1, 0.15) is 54.6 Å². The van der Waals surface area contributed by atoms with Crippen molar-refractivity contribution in [2.45, 2.75) is 46.1 Å². The fourth-order valence-electron chi connectivity index (χ4n) is 4.52. The second kappa shape index (κ2) is 8.71. The predicted octanol–water partition coefficient (Wildman–Crippen LogP) is 6.84. The number of carbonyl (C=O) groups is 2. The van der Waals surface area contributed by atoms with Gasteiger partial charge in [-0.25, -0.2) is 4.98 Å². The Hall–Kier alpha value is -3.77. The van der Waals surface area contributed by atoms with Crippen molar-refractivity contribution >= 4 is 44.1 Å². The third kappa shape index (κ3) is 4.01. The molecule has 5 rings (SSSR count). The summed E-state index contributed by atoms with van der Waals surface area (Å²) in [6.07, 6.45) is 0. The number of thiazole rings is 1. The number of hydrogen-bond donors (Lipinski definition) is 1. The molecule has 2 heterocycles. The van der Waals surface area contributed by atoms with Gasteiger partial charge in [0.05, 0.1) is 21.8 Å². The first-order chi connectivity index (χ1) is 17.1. The van der Waals surface area contributed by atoms with E-state index < -0.39 is 17.7 Å². The summed E-state index contributed by atoms with van der Waals surface area (Å²) in [6.45, 7) is 10.3. The Bertz CT molecular complexity index is 1510. The minimum atomic E-state index is -0.791. The highest BCUT2D eigenvalue weighted by atomic mass is 32.1. The zero-order chi connectivity index (χ0) is 25.8. The first kappa shape index (κ1) is 23.9. The van der Waals surface area contributed by atoms with Crippen LogP contribution < -0.4 is 4.90 Å². The van der Waals surface area contributed by atoms with Crippen LogP contribution in [0, 0.1) is 13.8 Å². The van der Waals surface area contributed by atoms with Crippen molar-refractivity contribution in [3.05, 3.63) is 100 Å². The quantitative estimate of drug-likeness (QED) is 0.192. The maximum absolute atomic E-state index is 13.5. The highest BCUT2D eigenvalue weighted by Crippen LogP contribution is 2.44. The Balaban J connectivity index is 1.72. The van der Waals surface area contributed by atoms with Gasteiger partial charge in [-0.2, -0.15) is 0 Å². The van der Waals surface area contributed by atoms with Crippen molar-refractivity contribution in [3.63, 3.8) is 0 Å². The molecular weight excluding hydrogens is 468 g/mol. The SMILES string of the molecule is Cc1ccc(/C(O)=C2\C(=O)C(=O)N(c3nc4ccccc4s3)C2c2ccc(C(C)(C)C)cc2)cc1C. The number of hydrogen-bond acceptors (Lipinski definition) is 5. The fourth-order valence-corrected chi connectivity index (χ4v) is 5.51. The van der Waals surface area contributed by atoms with E-state index in [-0.39, 0.29) is 16.7 Å². The molecule has 0 bridgehead atoms. The summed E-state index contributed by atoms with van der Waals surface area (Å²) >= 11 is 1.36. The number of aliphatic hydroxyl groups is 1. The molecule has 3 aromatic carbocycles. The smallest absolute Gasteiger partial charge is 0.301 e. The van der Waals surface area contributed by atoms with Gasteiger partial charge in [-0.3, -0.25) is 14.5 Å². The van der Waals surface area contributed by atoms with Crippen LogP contribution >= 0.6 is 11.3 Å². The molecule has 0 spiro atoms. The molecule has 1 unspecified atom stereocenters. The third-order valence-corrected chi connectivity index (χ3v) is 7.84. The lowest BCUT2D eigenvalue weighted by Gasteiger charge is -2.24. The Morgan fingerprint density at radius 3 is 2.28 bits per heavy atom. The van der Waals surface area contributed by atoms with Crippen molar-refractivity contribution in [2.24, 2.45) is 0 Å². The third-order valence-electron chi connectivity index (χ3n) is 6.81. The number of Topliss-reactive ketones (excluding diaryl/α,β-unsaturated/α-hetero) is 1. The fraction of sp³-hybridized carbons (Fsp3) is 0.233. The number of fused-ring (bicyclic) bond motifs is 1. The summed E-state index contributed by atoms with van der Waals surface area (Å²) in [5, 5.41) is 11.8. The summed E-state index contributed by atoms with van der Waals surface area (Å²) in [5.74, 6) is -1.58. The molecule has 1 amide bonds. The van der Waals surface area contributed by atoms with E-state index in [1.165, 1.54) is 16.2 Å². The Morgan fingerprint density at radius 1 is 0.944 bits per heavy atom. The second-order valence-electron chi connectivity index (χ2n) is 10.3. The van der Waals surface area contributed by atoms with Gasteiger partial charge in [0.1, 0.15) is 5.76 Å². The summed E-state index contributed by atoms with van der Waals surface area (Å²) < 4.78 is 0.922. The number of aryl methyl sites for hydroxylation is 2. The summed E-state index contributed by atoms with van der Waals surface area (Å²) in [6, 6.07) is 20.3. The molecule has 182 valence electrons. The molecule has 1 atom stereocenters. The van der Waals surface area contributed by atoms with E-state index >= 15 is 0 Å². The van der Waals surface area contributed by atoms with E-state index in [9.17, 15) is 14.7 Å². The predicted molar refractivity (Wildman–Crippen MR) is 145 cm³/mol. The van der Waals surface area contributed by atoms with E-state index in [1.54, 1.807) is 6.07 Å². The number of amides is 1. The Morgan fingerprint density at radius 2 is 1.64 bits per heavy atom. The Labute approximate surface area is 214 Å². The highest BCUT2D eigenvalue weighted by molar-refractivity contribution is 7.22. The molecular formula is C30H28N2O3S. The largest absolute Gasteiger partial charge is 0.507 e. The normalized spacial score (nSPS) is 17.8. The van der Waals surface area contributed by atoms with Gasteiger partial charge in [0.2, 0.25) is 0 Å². The Kier molecular flexibility index (Phi) is 5.80. The number of anilines is 1. The standard InChI is InChI=1S/C30H28N2O3S/c1-17-10-11-20(16-18(17)2)26(33)24-25(19-12-14-21(15-13-19)30(3,4)5)32(28(35)27(24)34)29-31-22-8-6-7-9-23(22)36-29/h6-16,25,33H,1-5H3/b26-24+. The molecule has 36 heavy (non-hydrogen) atoms. The molecule has 1 N–H and O–H groups in total. The first-order valence-electron chi connectivity index (χ1n) is 11.9. The lowest BCUT2D eigenvalue weighted by atomic mass is 9.85. The number of rotatable bonds is 3. The monoisotopic (exact) mass is 496 g/mol. The van der Waals surface area contributed by atoms with Gasteiger partial charge in [0.25, 0.3) is 5.78 Å². The zero-order valence-electron chi connectivity index (χ0n) is 21.0. The van der Waals surface area contributed by atoms with Gasteiger partial charge < -0.3 is 5.11 Å². The van der Waals surface area contributed by atoms with E-state index in [0.29, 0.717) is 10.7 Å². The van der Waals surface area contributed by atoms with E-state index in [4.69, 9.17) is 0 Å². The molecule has 0 aliphatic carbocycles. The zero-order valence-corrected chi connectivity index (χ0v) is 21.8. The average Bonchev–Trinajstić information content (AvgIpc) is 3.38. The van der Waals surface area contributed by atoms with Crippen LogP contribution in [0.25, 0.3) is 16.0 Å². The molecule has 1 aliphatic rings. The van der Waals surface area contributed by atoms with Crippen LogP contribution in [-0.4, -0.2) is 21.8 Å². The van der Waals surface area contributed by atoms with Crippen molar-refractivity contribution in [1.82, 2.24) is 4.98 Å². The van der Waals surface area contributed by atoms with Crippen molar-refractivity contribution in [1.29, 1.82) is 0 Å². The van der Waals surface area contributed by atoms with Crippen LogP contribution in [-0.2, 0) is 15.0 Å². The van der Waals surface area contributed by atoms with Gasteiger partial charge in [0, 0.05) is 5.56 Å². The number of aromatic nitrogens is 1. The maximum atomic E-state index is 13.5. The van der Waals surface area contributed by atoms with Crippen molar-refractivity contribution in [3.8, 4) is 0 Å². The molecule has 1 fully saturated rings. The van der Waals surface area contributed by atoms with Crippen molar-refractivity contribution < 1.29 is 14.7 Å². The molecule has 5 nitrogen and oxygen atoms in total. The van der Waals surface area contributed by atoms with E-state index in [0.717, 1.165) is 32.5 Å². The van der Waals surface area contributed by atoms with Crippen LogP contribution in [0.15, 0.2) is 72.3 Å². The number of carbonyl (C=O) groups excluding carboxylic acids is 2. The molecule has 0 saturated carbocycles. The number of nitrogens with zero attached hydrogens (tertiary/aromatic N) is 2. The number of benzene rings is 3. The molecule has 1 saturated heterocycles.